The van der Waals surface area contributed by atoms with Gasteiger partial charge in [-0.05, 0) is 49.8 Å². The Kier molecular flexibility index (Phi) is 8.30. The molecule has 0 aliphatic rings. The number of carbonyl (C=O) groups is 2. The molecule has 0 saturated carbocycles. The first-order valence-electron chi connectivity index (χ1n) is 11.9. The van der Waals surface area contributed by atoms with Crippen LogP contribution in [0.3, 0.4) is 0 Å². The molecule has 0 aliphatic carbocycles. The summed E-state index contributed by atoms with van der Waals surface area (Å²) in [7, 11) is 4.51. The molecule has 11 heteroatoms. The summed E-state index contributed by atoms with van der Waals surface area (Å²) in [4.78, 5) is 39.2. The van der Waals surface area contributed by atoms with E-state index in [9.17, 15) is 14.4 Å². The van der Waals surface area contributed by atoms with Gasteiger partial charge in [0.25, 0.3) is 5.56 Å². The van der Waals surface area contributed by atoms with Crippen LogP contribution in [0.5, 0.6) is 17.2 Å². The SMILES string of the molecule is CCOC(=O)c1nn(-c2ccc(C)cc2)c(=O)c2c(NC(=O)/C=C/c3cc(OC)c(OC)c(OC)c3)scc12. The van der Waals surface area contributed by atoms with Crippen molar-refractivity contribution in [3.63, 3.8) is 0 Å². The number of methoxy groups -OCH3 is 3. The number of nitrogens with one attached hydrogen (secondary N) is 1. The fourth-order valence-corrected chi connectivity index (χ4v) is 4.82. The minimum Gasteiger partial charge on any atom is -0.493 e. The van der Waals surface area contributed by atoms with Gasteiger partial charge < -0.3 is 24.3 Å². The first kappa shape index (κ1) is 27.4. The number of fused-ring (bicyclic) bond motifs is 1. The van der Waals surface area contributed by atoms with E-state index in [4.69, 9.17) is 18.9 Å². The monoisotopic (exact) mass is 549 g/mol. The maximum Gasteiger partial charge on any atom is 0.359 e. The largest absolute Gasteiger partial charge is 0.493 e. The summed E-state index contributed by atoms with van der Waals surface area (Å²) < 4.78 is 22.4. The molecule has 10 nitrogen and oxygen atoms in total. The van der Waals surface area contributed by atoms with Crippen LogP contribution in [0.15, 0.2) is 52.6 Å². The third-order valence-corrected chi connectivity index (χ3v) is 6.65. The number of aromatic nitrogens is 2. The number of esters is 1. The average molecular weight is 550 g/mol. The number of benzene rings is 2. The lowest BCUT2D eigenvalue weighted by atomic mass is 10.1. The van der Waals surface area contributed by atoms with Crippen molar-refractivity contribution in [2.45, 2.75) is 13.8 Å². The fourth-order valence-electron chi connectivity index (χ4n) is 3.88. The number of rotatable bonds is 9. The third kappa shape index (κ3) is 5.63. The zero-order valence-electron chi connectivity index (χ0n) is 22.1. The highest BCUT2D eigenvalue weighted by Gasteiger charge is 2.23. The summed E-state index contributed by atoms with van der Waals surface area (Å²) in [6, 6.07) is 10.5. The number of nitrogens with zero attached hydrogens (tertiary/aromatic N) is 2. The van der Waals surface area contributed by atoms with Gasteiger partial charge in [0, 0.05) is 16.8 Å². The zero-order chi connectivity index (χ0) is 28.1. The maximum atomic E-state index is 13.5. The molecule has 0 bridgehead atoms. The van der Waals surface area contributed by atoms with Crippen molar-refractivity contribution in [3.8, 4) is 22.9 Å². The van der Waals surface area contributed by atoms with Crippen LogP contribution in [-0.4, -0.2) is 49.6 Å². The van der Waals surface area contributed by atoms with Crippen LogP contribution in [0.2, 0.25) is 0 Å². The van der Waals surface area contributed by atoms with Gasteiger partial charge >= 0.3 is 5.97 Å². The van der Waals surface area contributed by atoms with Crippen LogP contribution < -0.4 is 25.1 Å². The second kappa shape index (κ2) is 11.8. The van der Waals surface area contributed by atoms with Crippen molar-refractivity contribution in [3.05, 3.63) is 75.0 Å². The number of aryl methyl sites for hydroxylation is 1. The summed E-state index contributed by atoms with van der Waals surface area (Å²) in [6.45, 7) is 3.75. The molecule has 0 radical (unpaired) electrons. The summed E-state index contributed by atoms with van der Waals surface area (Å²) in [5.74, 6) is 0.167. The number of thiophene rings is 1. The molecule has 39 heavy (non-hydrogen) atoms. The smallest absolute Gasteiger partial charge is 0.359 e. The number of ether oxygens (including phenoxy) is 4. The first-order chi connectivity index (χ1) is 18.8. The molecule has 0 fully saturated rings. The van der Waals surface area contributed by atoms with Gasteiger partial charge in [-0.15, -0.1) is 11.3 Å². The van der Waals surface area contributed by atoms with E-state index in [0.29, 0.717) is 33.9 Å². The maximum absolute atomic E-state index is 13.5. The predicted molar refractivity (Wildman–Crippen MR) is 150 cm³/mol. The summed E-state index contributed by atoms with van der Waals surface area (Å²) >= 11 is 1.12. The molecule has 0 unspecified atom stereocenters. The molecular weight excluding hydrogens is 522 g/mol. The van der Waals surface area contributed by atoms with Gasteiger partial charge in [-0.3, -0.25) is 9.59 Å². The highest BCUT2D eigenvalue weighted by atomic mass is 32.1. The molecule has 2 aromatic heterocycles. The number of carbonyl (C=O) groups excluding carboxylic acids is 2. The van der Waals surface area contributed by atoms with Crippen molar-refractivity contribution >= 4 is 45.1 Å². The standard InChI is InChI=1S/C28H27N3O7S/c1-6-38-28(34)24-19-15-39-26(23(19)27(33)31(30-24)18-10-7-16(2)8-11-18)29-22(32)12-9-17-13-20(35-3)25(37-5)21(14-17)36-4/h7-15H,6H2,1-5H3,(H,29,32)/b12-9+. The normalized spacial score (nSPS) is 11.0. The van der Waals surface area contributed by atoms with Crippen molar-refractivity contribution < 1.29 is 28.5 Å². The zero-order valence-corrected chi connectivity index (χ0v) is 22.9. The van der Waals surface area contributed by atoms with Crippen LogP contribution >= 0.6 is 11.3 Å². The molecule has 0 aliphatic heterocycles. The van der Waals surface area contributed by atoms with Crippen molar-refractivity contribution in [2.24, 2.45) is 0 Å². The van der Waals surface area contributed by atoms with E-state index in [0.717, 1.165) is 21.6 Å². The molecule has 0 spiro atoms. The Labute approximate surface area is 228 Å². The summed E-state index contributed by atoms with van der Waals surface area (Å²) in [5.41, 5.74) is 1.61. The minimum absolute atomic E-state index is 0.0169. The van der Waals surface area contributed by atoms with Crippen molar-refractivity contribution in [1.82, 2.24) is 9.78 Å². The van der Waals surface area contributed by atoms with Crippen molar-refractivity contribution in [2.75, 3.05) is 33.3 Å². The quantitative estimate of drug-likeness (QED) is 0.238. The van der Waals surface area contributed by atoms with Gasteiger partial charge in [-0.2, -0.15) is 9.78 Å². The van der Waals surface area contributed by atoms with Gasteiger partial charge in [-0.1, -0.05) is 17.7 Å². The Hall–Kier alpha value is -4.64. The van der Waals surface area contributed by atoms with Gasteiger partial charge in [-0.25, -0.2) is 4.79 Å². The predicted octanol–water partition coefficient (Wildman–Crippen LogP) is 4.61. The number of hydrogen-bond donors (Lipinski definition) is 1. The van der Waals surface area contributed by atoms with Crippen LogP contribution in [0, 0.1) is 6.92 Å². The van der Waals surface area contributed by atoms with Crippen molar-refractivity contribution in [1.29, 1.82) is 0 Å². The second-order valence-electron chi connectivity index (χ2n) is 8.26. The molecule has 4 aromatic rings. The molecule has 0 atom stereocenters. The van der Waals surface area contributed by atoms with E-state index in [1.165, 1.54) is 27.4 Å². The van der Waals surface area contributed by atoms with E-state index in [1.54, 1.807) is 42.6 Å². The van der Waals surface area contributed by atoms with E-state index < -0.39 is 17.4 Å². The Bertz CT molecular complexity index is 1600. The minimum atomic E-state index is -0.665. The number of anilines is 1. The lowest BCUT2D eigenvalue weighted by molar-refractivity contribution is -0.111. The van der Waals surface area contributed by atoms with Gasteiger partial charge in [0.1, 0.15) is 5.00 Å². The molecule has 1 amide bonds. The van der Waals surface area contributed by atoms with Crippen LogP contribution in [0.4, 0.5) is 5.00 Å². The first-order valence-corrected chi connectivity index (χ1v) is 12.8. The molecule has 0 saturated heterocycles. The highest BCUT2D eigenvalue weighted by Crippen LogP contribution is 2.38. The Morgan fingerprint density at radius 3 is 2.31 bits per heavy atom. The topological polar surface area (TPSA) is 118 Å². The third-order valence-electron chi connectivity index (χ3n) is 5.75. The van der Waals surface area contributed by atoms with E-state index >= 15 is 0 Å². The van der Waals surface area contributed by atoms with Gasteiger partial charge in [0.2, 0.25) is 11.7 Å². The average Bonchev–Trinajstić information content (AvgIpc) is 3.36. The van der Waals surface area contributed by atoms with E-state index in [2.05, 4.69) is 10.4 Å². The Morgan fingerprint density at radius 1 is 1.05 bits per heavy atom. The van der Waals surface area contributed by atoms with Gasteiger partial charge in [0.15, 0.2) is 17.2 Å². The fraction of sp³-hybridized carbons (Fsp3) is 0.214. The summed E-state index contributed by atoms with van der Waals surface area (Å²) in [5, 5.41) is 9.41. The second-order valence-corrected chi connectivity index (χ2v) is 9.14. The summed E-state index contributed by atoms with van der Waals surface area (Å²) in [6.07, 6.45) is 2.89. The number of amides is 1. The van der Waals surface area contributed by atoms with Crippen LogP contribution in [-0.2, 0) is 9.53 Å². The van der Waals surface area contributed by atoms with Crippen LogP contribution in [0.1, 0.15) is 28.5 Å². The highest BCUT2D eigenvalue weighted by molar-refractivity contribution is 7.16. The van der Waals surface area contributed by atoms with E-state index in [-0.39, 0.29) is 22.7 Å². The molecule has 2 aromatic carbocycles. The van der Waals surface area contributed by atoms with E-state index in [1.807, 2.05) is 19.1 Å². The molecule has 4 rings (SSSR count). The molecule has 2 heterocycles. The number of hydrogen-bond acceptors (Lipinski definition) is 9. The Morgan fingerprint density at radius 2 is 1.72 bits per heavy atom. The molecular formula is C28H27N3O7S. The van der Waals surface area contributed by atoms with Crippen LogP contribution in [0.25, 0.3) is 22.5 Å². The molecule has 1 N–H and O–H groups in total. The van der Waals surface area contributed by atoms with Gasteiger partial charge in [0.05, 0.1) is 39.0 Å². The lowest BCUT2D eigenvalue weighted by Crippen LogP contribution is -2.25. The molecule has 202 valence electrons. The lowest BCUT2D eigenvalue weighted by Gasteiger charge is -2.12. The Balaban J connectivity index is 1.73.